The van der Waals surface area contributed by atoms with Gasteiger partial charge in [0.2, 0.25) is 10.0 Å². The number of hydrogen-bond donors (Lipinski definition) is 2. The number of nitrogens with one attached hydrogen (secondary N) is 1. The summed E-state index contributed by atoms with van der Waals surface area (Å²) in [5.74, 6) is 0.658. The first kappa shape index (κ1) is 15.3. The molecular weight excluding hydrogens is 274 g/mol. The number of nitrogens with zero attached hydrogens (tertiary/aromatic N) is 1. The average Bonchev–Trinajstić information content (AvgIpc) is 2.88. The Bertz CT molecular complexity index is 528. The smallest absolute Gasteiger partial charge is 0.240 e. The maximum absolute atomic E-state index is 11.9. The minimum absolute atomic E-state index is 0.320. The summed E-state index contributed by atoms with van der Waals surface area (Å²) in [5.41, 5.74) is 6.68. The molecule has 3 N–H and O–H groups in total. The fourth-order valence-electron chi connectivity index (χ4n) is 2.65. The molecule has 1 heterocycles. The second-order valence-corrected chi connectivity index (χ2v) is 6.94. The van der Waals surface area contributed by atoms with Crippen LogP contribution in [0.1, 0.15) is 19.8 Å². The molecule has 1 unspecified atom stereocenters. The van der Waals surface area contributed by atoms with Crippen molar-refractivity contribution in [2.24, 2.45) is 11.7 Å². The molecule has 0 saturated carbocycles. The molecule has 6 heteroatoms. The summed E-state index contributed by atoms with van der Waals surface area (Å²) in [5, 5.41) is 0. The maximum Gasteiger partial charge on any atom is 0.240 e. The van der Waals surface area contributed by atoms with E-state index < -0.39 is 10.0 Å². The number of anilines is 1. The van der Waals surface area contributed by atoms with Crippen LogP contribution in [0.4, 0.5) is 5.69 Å². The molecule has 0 radical (unpaired) electrons. The Balaban J connectivity index is 2.06. The minimum atomic E-state index is -3.36. The van der Waals surface area contributed by atoms with Crippen molar-refractivity contribution in [2.75, 3.05) is 31.1 Å². The van der Waals surface area contributed by atoms with Crippen molar-refractivity contribution in [3.8, 4) is 0 Å². The molecule has 20 heavy (non-hydrogen) atoms. The van der Waals surface area contributed by atoms with Gasteiger partial charge in [0.05, 0.1) is 4.90 Å². The molecule has 5 nitrogen and oxygen atoms in total. The van der Waals surface area contributed by atoms with Crippen molar-refractivity contribution >= 4 is 15.7 Å². The second kappa shape index (κ2) is 6.56. The molecule has 0 aromatic heterocycles. The molecule has 0 amide bonds. The van der Waals surface area contributed by atoms with Crippen molar-refractivity contribution in [3.63, 3.8) is 0 Å². The highest BCUT2D eigenvalue weighted by Crippen LogP contribution is 2.26. The summed E-state index contributed by atoms with van der Waals surface area (Å²) in [6.45, 7) is 4.93. The fourth-order valence-corrected chi connectivity index (χ4v) is 3.69. The van der Waals surface area contributed by atoms with Crippen LogP contribution in [0.25, 0.3) is 0 Å². The molecule has 1 atom stereocenters. The summed E-state index contributed by atoms with van der Waals surface area (Å²) < 4.78 is 26.2. The summed E-state index contributed by atoms with van der Waals surface area (Å²) >= 11 is 0. The van der Waals surface area contributed by atoms with Crippen LogP contribution in [0.5, 0.6) is 0 Å². The van der Waals surface area contributed by atoms with E-state index in [1.54, 1.807) is 19.1 Å². The van der Waals surface area contributed by atoms with Crippen molar-refractivity contribution in [1.29, 1.82) is 0 Å². The summed E-state index contributed by atoms with van der Waals surface area (Å²) in [6, 6.07) is 7.11. The predicted molar refractivity (Wildman–Crippen MR) is 81.3 cm³/mol. The van der Waals surface area contributed by atoms with Gasteiger partial charge >= 0.3 is 0 Å². The van der Waals surface area contributed by atoms with Crippen LogP contribution in [-0.2, 0) is 10.0 Å². The number of hydrogen-bond acceptors (Lipinski definition) is 4. The van der Waals surface area contributed by atoms with E-state index >= 15 is 0 Å². The van der Waals surface area contributed by atoms with Crippen LogP contribution in [0.2, 0.25) is 0 Å². The van der Waals surface area contributed by atoms with E-state index in [4.69, 9.17) is 5.73 Å². The third-order valence-corrected chi connectivity index (χ3v) is 5.27. The third kappa shape index (κ3) is 3.50. The largest absolute Gasteiger partial charge is 0.371 e. The highest BCUT2D eigenvalue weighted by Gasteiger charge is 2.22. The van der Waals surface area contributed by atoms with Gasteiger partial charge in [0.25, 0.3) is 0 Å². The Labute approximate surface area is 121 Å². The van der Waals surface area contributed by atoms with Gasteiger partial charge in [-0.15, -0.1) is 0 Å². The van der Waals surface area contributed by atoms with Gasteiger partial charge < -0.3 is 10.6 Å². The maximum atomic E-state index is 11.9. The number of nitrogens with two attached hydrogens (primary N) is 1. The van der Waals surface area contributed by atoms with Crippen LogP contribution in [0.3, 0.4) is 0 Å². The lowest BCUT2D eigenvalue weighted by Crippen LogP contribution is -2.23. The van der Waals surface area contributed by atoms with E-state index in [1.165, 1.54) is 0 Å². The molecule has 0 spiro atoms. The minimum Gasteiger partial charge on any atom is -0.371 e. The lowest BCUT2D eigenvalue weighted by atomic mass is 10.1. The molecular formula is C14H23N3O2S. The van der Waals surface area contributed by atoms with Crippen molar-refractivity contribution < 1.29 is 8.42 Å². The van der Waals surface area contributed by atoms with Gasteiger partial charge in [0.15, 0.2) is 0 Å². The van der Waals surface area contributed by atoms with Gasteiger partial charge in [-0.1, -0.05) is 6.92 Å². The molecule has 0 aliphatic carbocycles. The SMILES string of the molecule is CCNS(=O)(=O)c1ccc(N2CCC(CCN)C2)cc1. The molecule has 1 aliphatic rings. The van der Waals surface area contributed by atoms with Gasteiger partial charge in [0.1, 0.15) is 0 Å². The Morgan fingerprint density at radius 3 is 2.65 bits per heavy atom. The molecule has 2 rings (SSSR count). The van der Waals surface area contributed by atoms with Gasteiger partial charge in [-0.2, -0.15) is 0 Å². The van der Waals surface area contributed by atoms with E-state index in [0.717, 1.165) is 38.2 Å². The predicted octanol–water partition coefficient (Wildman–Crippen LogP) is 1.16. The molecule has 112 valence electrons. The Morgan fingerprint density at radius 2 is 2.05 bits per heavy atom. The normalized spacial score (nSPS) is 19.5. The van der Waals surface area contributed by atoms with Crippen LogP contribution in [0, 0.1) is 5.92 Å². The quantitative estimate of drug-likeness (QED) is 0.826. The number of benzene rings is 1. The second-order valence-electron chi connectivity index (χ2n) is 5.17. The van der Waals surface area contributed by atoms with Crippen molar-refractivity contribution in [1.82, 2.24) is 4.72 Å². The van der Waals surface area contributed by atoms with Gasteiger partial charge in [0, 0.05) is 25.3 Å². The van der Waals surface area contributed by atoms with Crippen LogP contribution < -0.4 is 15.4 Å². The number of sulfonamides is 1. The van der Waals surface area contributed by atoms with Crippen molar-refractivity contribution in [2.45, 2.75) is 24.7 Å². The summed E-state index contributed by atoms with van der Waals surface area (Å²) in [4.78, 5) is 2.62. The fraction of sp³-hybridized carbons (Fsp3) is 0.571. The Morgan fingerprint density at radius 1 is 1.35 bits per heavy atom. The molecule has 1 aromatic carbocycles. The monoisotopic (exact) mass is 297 g/mol. The van der Waals surface area contributed by atoms with E-state index in [1.807, 2.05) is 12.1 Å². The van der Waals surface area contributed by atoms with Crippen LogP contribution >= 0.6 is 0 Å². The lowest BCUT2D eigenvalue weighted by Gasteiger charge is -2.19. The van der Waals surface area contributed by atoms with E-state index in [9.17, 15) is 8.42 Å². The van der Waals surface area contributed by atoms with E-state index in [0.29, 0.717) is 17.4 Å². The zero-order chi connectivity index (χ0) is 14.6. The van der Waals surface area contributed by atoms with Gasteiger partial charge in [-0.25, -0.2) is 13.1 Å². The Hall–Kier alpha value is -1.11. The first-order valence-electron chi connectivity index (χ1n) is 7.11. The van der Waals surface area contributed by atoms with Crippen molar-refractivity contribution in [3.05, 3.63) is 24.3 Å². The zero-order valence-corrected chi connectivity index (χ0v) is 12.7. The van der Waals surface area contributed by atoms with E-state index in [2.05, 4.69) is 9.62 Å². The van der Waals surface area contributed by atoms with Gasteiger partial charge in [-0.3, -0.25) is 0 Å². The summed E-state index contributed by atoms with van der Waals surface area (Å²) in [6.07, 6.45) is 2.22. The highest BCUT2D eigenvalue weighted by molar-refractivity contribution is 7.89. The first-order valence-corrected chi connectivity index (χ1v) is 8.60. The molecule has 1 aliphatic heterocycles. The van der Waals surface area contributed by atoms with Crippen LogP contribution in [-0.4, -0.2) is 34.6 Å². The topological polar surface area (TPSA) is 75.4 Å². The van der Waals surface area contributed by atoms with E-state index in [-0.39, 0.29) is 0 Å². The standard InChI is InChI=1S/C14H23N3O2S/c1-2-16-20(18,19)14-5-3-13(4-6-14)17-10-8-12(11-17)7-9-15/h3-6,12,16H,2,7-11,15H2,1H3. The molecule has 1 aromatic rings. The average molecular weight is 297 g/mol. The first-order chi connectivity index (χ1) is 9.56. The number of rotatable bonds is 6. The Kier molecular flexibility index (Phi) is 5.01. The summed E-state index contributed by atoms with van der Waals surface area (Å²) in [7, 11) is -3.36. The van der Waals surface area contributed by atoms with Crippen LogP contribution in [0.15, 0.2) is 29.2 Å². The van der Waals surface area contributed by atoms with Gasteiger partial charge in [-0.05, 0) is 49.6 Å². The molecule has 1 fully saturated rings. The molecule has 0 bridgehead atoms. The highest BCUT2D eigenvalue weighted by atomic mass is 32.2. The third-order valence-electron chi connectivity index (χ3n) is 3.71. The lowest BCUT2D eigenvalue weighted by molar-refractivity contribution is 0.546. The molecule has 1 saturated heterocycles. The zero-order valence-electron chi connectivity index (χ0n) is 11.9.